The summed E-state index contributed by atoms with van der Waals surface area (Å²) >= 11 is 0. The van der Waals surface area contributed by atoms with Crippen molar-refractivity contribution in [3.8, 4) is 0 Å². The van der Waals surface area contributed by atoms with Crippen molar-refractivity contribution in [2.45, 2.75) is 115 Å². The molecule has 2 atom stereocenters. The van der Waals surface area contributed by atoms with E-state index < -0.39 is 17.9 Å². The number of methoxy groups -OCH3 is 1. The largest absolute Gasteiger partial charge is 0.416 e. The fourth-order valence-corrected chi connectivity index (χ4v) is 7.14. The number of hydrogen-bond donors (Lipinski definition) is 0. The van der Waals surface area contributed by atoms with Gasteiger partial charge in [0.15, 0.2) is 6.17 Å². The normalized spacial score (nSPS) is 23.7. The first-order valence-electron chi connectivity index (χ1n) is 14.0. The van der Waals surface area contributed by atoms with Crippen LogP contribution in [0.1, 0.15) is 141 Å². The van der Waals surface area contributed by atoms with Crippen LogP contribution in [-0.2, 0) is 17.3 Å². The van der Waals surface area contributed by atoms with Gasteiger partial charge in [0, 0.05) is 29.8 Å². The maximum Gasteiger partial charge on any atom is 0.416 e. The Morgan fingerprint density at radius 1 is 0.892 bits per heavy atom. The topological polar surface area (TPSA) is 22.1 Å². The van der Waals surface area contributed by atoms with E-state index in [1.807, 2.05) is 0 Å². The summed E-state index contributed by atoms with van der Waals surface area (Å²) in [6, 6.07) is 4.63. The zero-order chi connectivity index (χ0) is 26.4. The molecule has 37 heavy (non-hydrogen) atoms. The van der Waals surface area contributed by atoms with Gasteiger partial charge in [-0.1, -0.05) is 58.1 Å². The average Bonchev–Trinajstić information content (AvgIpc) is 3.41. The monoisotopic (exact) mass is 517 g/mol. The first-order valence-corrected chi connectivity index (χ1v) is 14.0. The second-order valence-corrected chi connectivity index (χ2v) is 12.3. The molecular weight excluding hydrogens is 478 g/mol. The molecule has 0 radical (unpaired) electrons. The lowest BCUT2D eigenvalue weighted by molar-refractivity contribution is -0.137. The van der Waals surface area contributed by atoms with E-state index in [9.17, 15) is 13.2 Å². The highest BCUT2D eigenvalue weighted by Crippen LogP contribution is 2.52. The van der Waals surface area contributed by atoms with Crippen LogP contribution >= 0.6 is 0 Å². The number of fused-ring (bicyclic) bond motifs is 1. The van der Waals surface area contributed by atoms with E-state index in [0.717, 1.165) is 98.9 Å². The van der Waals surface area contributed by atoms with Gasteiger partial charge < -0.3 is 4.74 Å². The summed E-state index contributed by atoms with van der Waals surface area (Å²) in [5.74, 6) is 0.425. The van der Waals surface area contributed by atoms with Crippen LogP contribution in [0.25, 0.3) is 0 Å². The Morgan fingerprint density at radius 2 is 1.49 bits per heavy atom. The number of nitrogens with zero attached hydrogens (tertiary/aromatic N) is 1. The van der Waals surface area contributed by atoms with E-state index >= 15 is 4.39 Å². The molecule has 0 amide bonds. The number of pyridine rings is 1. The van der Waals surface area contributed by atoms with E-state index in [4.69, 9.17) is 9.72 Å². The Kier molecular flexibility index (Phi) is 7.43. The number of ether oxygens (including phenoxy) is 1. The van der Waals surface area contributed by atoms with Crippen LogP contribution in [0.4, 0.5) is 17.6 Å². The summed E-state index contributed by atoms with van der Waals surface area (Å²) in [4.78, 5) is 5.25. The Labute approximate surface area is 218 Å². The van der Waals surface area contributed by atoms with Gasteiger partial charge in [-0.25, -0.2) is 4.39 Å². The molecule has 1 aromatic heterocycles. The zero-order valence-corrected chi connectivity index (χ0v) is 22.3. The Bertz CT molecular complexity index is 1100. The van der Waals surface area contributed by atoms with Crippen LogP contribution in [0.5, 0.6) is 0 Å². The number of rotatable bonds is 5. The highest BCUT2D eigenvalue weighted by atomic mass is 19.4. The van der Waals surface area contributed by atoms with Crippen LogP contribution in [0.15, 0.2) is 24.3 Å². The molecule has 0 saturated heterocycles. The molecule has 3 aliphatic rings. The summed E-state index contributed by atoms with van der Waals surface area (Å²) in [7, 11) is 1.73. The average molecular weight is 518 g/mol. The smallest absolute Gasteiger partial charge is 0.377 e. The van der Waals surface area contributed by atoms with Crippen LogP contribution in [0, 0.1) is 5.41 Å². The van der Waals surface area contributed by atoms with Gasteiger partial charge >= 0.3 is 6.18 Å². The fourth-order valence-electron chi connectivity index (χ4n) is 7.14. The van der Waals surface area contributed by atoms with Crippen molar-refractivity contribution >= 4 is 0 Å². The minimum Gasteiger partial charge on any atom is -0.377 e. The lowest BCUT2D eigenvalue weighted by atomic mass is 9.69. The van der Waals surface area contributed by atoms with E-state index in [1.165, 1.54) is 18.6 Å². The Balaban J connectivity index is 1.73. The molecular formula is C31H39F4NO. The summed E-state index contributed by atoms with van der Waals surface area (Å²) in [5, 5.41) is 0. The van der Waals surface area contributed by atoms with Crippen LogP contribution < -0.4 is 0 Å². The molecule has 5 rings (SSSR count). The molecule has 2 saturated carbocycles. The van der Waals surface area contributed by atoms with Crippen molar-refractivity contribution in [1.29, 1.82) is 0 Å². The van der Waals surface area contributed by atoms with E-state index in [-0.39, 0.29) is 28.9 Å². The minimum absolute atomic E-state index is 0.0293. The number of alkyl halides is 4. The third-order valence-electron chi connectivity index (χ3n) is 8.95. The van der Waals surface area contributed by atoms with Gasteiger partial charge in [-0.2, -0.15) is 13.2 Å². The van der Waals surface area contributed by atoms with Crippen LogP contribution in [0.2, 0.25) is 0 Å². The van der Waals surface area contributed by atoms with Gasteiger partial charge in [0.05, 0.1) is 17.4 Å². The number of benzene rings is 1. The molecule has 2 fully saturated rings. The lowest BCUT2D eigenvalue weighted by Crippen LogP contribution is -2.31. The molecule has 0 unspecified atom stereocenters. The van der Waals surface area contributed by atoms with Gasteiger partial charge in [0.1, 0.15) is 0 Å². The molecule has 3 aliphatic carbocycles. The van der Waals surface area contributed by atoms with Gasteiger partial charge in [-0.05, 0) is 73.1 Å². The highest BCUT2D eigenvalue weighted by molar-refractivity contribution is 5.51. The maximum atomic E-state index is 16.8. The van der Waals surface area contributed by atoms with E-state index in [2.05, 4.69) is 13.8 Å². The summed E-state index contributed by atoms with van der Waals surface area (Å²) in [5.41, 5.74) is 4.24. The Hall–Kier alpha value is -1.95. The summed E-state index contributed by atoms with van der Waals surface area (Å²) in [6.07, 6.45) is 5.16. The maximum absolute atomic E-state index is 16.8. The van der Waals surface area contributed by atoms with E-state index in [1.54, 1.807) is 7.11 Å². The first-order chi connectivity index (χ1) is 17.6. The SMILES string of the molecule is CO[C@H]1CC(C)(C)Cc2nc(C3CCCC3)c([C@@H](F)c3ccc(C(F)(F)F)cc3)c(C3CCCCC3)c21. The third kappa shape index (κ3) is 5.32. The minimum atomic E-state index is -4.45. The van der Waals surface area contributed by atoms with Crippen LogP contribution in [-0.4, -0.2) is 12.1 Å². The molecule has 1 heterocycles. The summed E-state index contributed by atoms with van der Waals surface area (Å²) in [6.45, 7) is 4.49. The van der Waals surface area contributed by atoms with Crippen molar-refractivity contribution < 1.29 is 22.3 Å². The fraction of sp³-hybridized carbons (Fsp3) is 0.645. The molecule has 2 nitrogen and oxygen atoms in total. The highest BCUT2D eigenvalue weighted by Gasteiger charge is 2.41. The van der Waals surface area contributed by atoms with Crippen LogP contribution in [0.3, 0.4) is 0 Å². The lowest BCUT2D eigenvalue weighted by Gasteiger charge is -2.40. The van der Waals surface area contributed by atoms with E-state index in [0.29, 0.717) is 5.56 Å². The van der Waals surface area contributed by atoms with Gasteiger partial charge in [-0.15, -0.1) is 0 Å². The van der Waals surface area contributed by atoms with Gasteiger partial charge in [0.25, 0.3) is 0 Å². The molecule has 2 aromatic rings. The predicted molar refractivity (Wildman–Crippen MR) is 138 cm³/mol. The molecule has 0 aliphatic heterocycles. The Morgan fingerprint density at radius 3 is 2.08 bits per heavy atom. The predicted octanol–water partition coefficient (Wildman–Crippen LogP) is 9.52. The summed E-state index contributed by atoms with van der Waals surface area (Å²) < 4.78 is 62.6. The van der Waals surface area contributed by atoms with Gasteiger partial charge in [-0.3, -0.25) is 4.98 Å². The molecule has 202 valence electrons. The number of hydrogen-bond acceptors (Lipinski definition) is 2. The van der Waals surface area contributed by atoms with Crippen molar-refractivity contribution in [3.63, 3.8) is 0 Å². The molecule has 6 heteroatoms. The zero-order valence-electron chi connectivity index (χ0n) is 22.3. The van der Waals surface area contributed by atoms with Crippen molar-refractivity contribution in [3.05, 3.63) is 63.5 Å². The number of halogens is 4. The van der Waals surface area contributed by atoms with Gasteiger partial charge in [0.2, 0.25) is 0 Å². The second-order valence-electron chi connectivity index (χ2n) is 12.3. The third-order valence-corrected chi connectivity index (χ3v) is 8.95. The van der Waals surface area contributed by atoms with Crippen molar-refractivity contribution in [2.75, 3.05) is 7.11 Å². The quantitative estimate of drug-likeness (QED) is 0.369. The van der Waals surface area contributed by atoms with Crippen molar-refractivity contribution in [1.82, 2.24) is 4.98 Å². The standard InChI is InChI=1S/C31H39F4NO/c1-30(2)17-23-26(24(18-30)37-3)25(19-9-5-4-6-10-19)27(29(36-23)21-11-7-8-12-21)28(32)20-13-15-22(16-14-20)31(33,34)35/h13-16,19,21,24,28H,4-12,17-18H2,1-3H3/t24-,28-/m0/s1. The van der Waals surface area contributed by atoms with Crippen molar-refractivity contribution in [2.24, 2.45) is 5.41 Å². The second kappa shape index (κ2) is 10.3. The number of aromatic nitrogens is 1. The molecule has 0 N–H and O–H groups in total. The molecule has 1 aromatic carbocycles. The first kappa shape index (κ1) is 26.6. The molecule has 0 spiro atoms. The molecule has 0 bridgehead atoms.